The number of fused-ring (bicyclic) bond motifs is 1. The Kier molecular flexibility index (Phi) is 3.67. The Hall–Kier alpha value is -1.58. The second-order valence-electron chi connectivity index (χ2n) is 4.90. The van der Waals surface area contributed by atoms with Crippen LogP contribution in [0, 0.1) is 0 Å². The molecular weight excluding hydrogens is 238 g/mol. The van der Waals surface area contributed by atoms with Crippen molar-refractivity contribution in [1.29, 1.82) is 0 Å². The van der Waals surface area contributed by atoms with E-state index in [1.165, 1.54) is 11.1 Å². The van der Waals surface area contributed by atoms with Gasteiger partial charge in [0.05, 0.1) is 25.0 Å². The van der Waals surface area contributed by atoms with Gasteiger partial charge in [0.25, 0.3) is 0 Å². The highest BCUT2D eigenvalue weighted by Gasteiger charge is 2.25. The number of furan rings is 1. The molecule has 1 aliphatic heterocycles. The molecule has 1 N–H and O–H groups in total. The maximum atomic E-state index is 5.95. The Morgan fingerprint density at radius 3 is 2.95 bits per heavy atom. The molecule has 2 atom stereocenters. The third kappa shape index (κ3) is 2.57. The fraction of sp³-hybridized carbons (Fsp3) is 0.375. The number of benzene rings is 1. The van der Waals surface area contributed by atoms with Crippen molar-refractivity contribution in [1.82, 2.24) is 5.32 Å². The average molecular weight is 257 g/mol. The summed E-state index contributed by atoms with van der Waals surface area (Å²) in [5.41, 5.74) is 2.73. The molecule has 0 bridgehead atoms. The maximum absolute atomic E-state index is 5.95. The van der Waals surface area contributed by atoms with Crippen molar-refractivity contribution >= 4 is 0 Å². The van der Waals surface area contributed by atoms with Gasteiger partial charge >= 0.3 is 0 Å². The van der Waals surface area contributed by atoms with E-state index in [-0.39, 0.29) is 12.1 Å². The highest BCUT2D eigenvalue weighted by atomic mass is 16.5. The minimum absolute atomic E-state index is 0.146. The van der Waals surface area contributed by atoms with Crippen molar-refractivity contribution in [3.05, 3.63) is 59.5 Å². The lowest BCUT2D eigenvalue weighted by Crippen LogP contribution is -2.23. The van der Waals surface area contributed by atoms with Gasteiger partial charge < -0.3 is 14.5 Å². The van der Waals surface area contributed by atoms with Crippen molar-refractivity contribution < 1.29 is 9.15 Å². The summed E-state index contributed by atoms with van der Waals surface area (Å²) in [6, 6.07) is 12.7. The second-order valence-corrected chi connectivity index (χ2v) is 4.90. The van der Waals surface area contributed by atoms with Gasteiger partial charge in [-0.05, 0) is 36.7 Å². The van der Waals surface area contributed by atoms with Gasteiger partial charge in [0.1, 0.15) is 5.76 Å². The van der Waals surface area contributed by atoms with Crippen LogP contribution in [0.4, 0.5) is 0 Å². The predicted molar refractivity (Wildman–Crippen MR) is 74.0 cm³/mol. The molecule has 3 heteroatoms. The average Bonchev–Trinajstić information content (AvgIpc) is 2.99. The fourth-order valence-corrected chi connectivity index (χ4v) is 2.75. The van der Waals surface area contributed by atoms with Crippen LogP contribution in [0.3, 0.4) is 0 Å². The summed E-state index contributed by atoms with van der Waals surface area (Å²) in [7, 11) is 1.96. The molecule has 3 rings (SSSR count). The molecule has 0 saturated heterocycles. The van der Waals surface area contributed by atoms with Crippen molar-refractivity contribution in [3.63, 3.8) is 0 Å². The molecule has 0 radical (unpaired) electrons. The van der Waals surface area contributed by atoms with Gasteiger partial charge in [-0.3, -0.25) is 0 Å². The van der Waals surface area contributed by atoms with E-state index in [1.807, 2.05) is 19.2 Å². The highest BCUT2D eigenvalue weighted by molar-refractivity contribution is 5.31. The van der Waals surface area contributed by atoms with E-state index in [1.54, 1.807) is 6.26 Å². The fourth-order valence-electron chi connectivity index (χ4n) is 2.75. The van der Waals surface area contributed by atoms with Crippen LogP contribution in [0.15, 0.2) is 47.1 Å². The number of ether oxygens (including phenoxy) is 1. The lowest BCUT2D eigenvalue weighted by atomic mass is 9.93. The quantitative estimate of drug-likeness (QED) is 0.913. The molecule has 0 amide bonds. The van der Waals surface area contributed by atoms with Crippen LogP contribution in [-0.4, -0.2) is 13.7 Å². The third-order valence-corrected chi connectivity index (χ3v) is 3.78. The molecule has 0 fully saturated rings. The van der Waals surface area contributed by atoms with Crippen LogP contribution in [0.1, 0.15) is 35.5 Å². The summed E-state index contributed by atoms with van der Waals surface area (Å²) in [5.74, 6) is 0.967. The molecule has 0 aliphatic carbocycles. The first kappa shape index (κ1) is 12.5. The SMILES string of the molecule is CNC(CC1OCCc2ccccc21)c1ccco1. The van der Waals surface area contributed by atoms with E-state index < -0.39 is 0 Å². The summed E-state index contributed by atoms with van der Waals surface area (Å²) < 4.78 is 11.5. The van der Waals surface area contributed by atoms with E-state index in [2.05, 4.69) is 29.6 Å². The lowest BCUT2D eigenvalue weighted by molar-refractivity contribution is 0.0283. The molecule has 0 spiro atoms. The summed E-state index contributed by atoms with van der Waals surface area (Å²) in [6.07, 6.45) is 3.76. The molecule has 1 aromatic carbocycles. The second kappa shape index (κ2) is 5.59. The van der Waals surface area contributed by atoms with Crippen LogP contribution in [-0.2, 0) is 11.2 Å². The first-order valence-corrected chi connectivity index (χ1v) is 6.78. The van der Waals surface area contributed by atoms with Crippen molar-refractivity contribution in [2.24, 2.45) is 0 Å². The molecule has 19 heavy (non-hydrogen) atoms. The summed E-state index contributed by atoms with van der Waals surface area (Å²) >= 11 is 0. The minimum Gasteiger partial charge on any atom is -0.468 e. The molecule has 0 saturated carbocycles. The topological polar surface area (TPSA) is 34.4 Å². The highest BCUT2D eigenvalue weighted by Crippen LogP contribution is 2.34. The molecule has 100 valence electrons. The van der Waals surface area contributed by atoms with Gasteiger partial charge in [-0.15, -0.1) is 0 Å². The van der Waals surface area contributed by atoms with E-state index >= 15 is 0 Å². The van der Waals surface area contributed by atoms with Gasteiger partial charge in [-0.1, -0.05) is 24.3 Å². The summed E-state index contributed by atoms with van der Waals surface area (Å²) in [4.78, 5) is 0. The lowest BCUT2D eigenvalue weighted by Gasteiger charge is -2.28. The van der Waals surface area contributed by atoms with Crippen LogP contribution in [0.5, 0.6) is 0 Å². The van der Waals surface area contributed by atoms with Gasteiger partial charge in [-0.25, -0.2) is 0 Å². The van der Waals surface area contributed by atoms with Gasteiger partial charge in [0.15, 0.2) is 0 Å². The Balaban J connectivity index is 1.80. The first-order chi connectivity index (χ1) is 9.38. The first-order valence-electron chi connectivity index (χ1n) is 6.78. The molecule has 2 unspecified atom stereocenters. The maximum Gasteiger partial charge on any atom is 0.120 e. The molecule has 1 aromatic heterocycles. The molecule has 1 aliphatic rings. The monoisotopic (exact) mass is 257 g/mol. The largest absolute Gasteiger partial charge is 0.468 e. The van der Waals surface area contributed by atoms with Crippen LogP contribution >= 0.6 is 0 Å². The Morgan fingerprint density at radius 2 is 2.16 bits per heavy atom. The van der Waals surface area contributed by atoms with E-state index in [0.29, 0.717) is 0 Å². The Labute approximate surface area is 113 Å². The van der Waals surface area contributed by atoms with Crippen molar-refractivity contribution in [2.45, 2.75) is 25.0 Å². The zero-order valence-corrected chi connectivity index (χ0v) is 11.1. The van der Waals surface area contributed by atoms with Gasteiger partial charge in [0.2, 0.25) is 0 Å². The minimum atomic E-state index is 0.146. The number of nitrogens with one attached hydrogen (secondary N) is 1. The third-order valence-electron chi connectivity index (χ3n) is 3.78. The molecule has 2 heterocycles. The molecule has 3 nitrogen and oxygen atoms in total. The van der Waals surface area contributed by atoms with E-state index in [4.69, 9.17) is 9.15 Å². The molecule has 2 aromatic rings. The normalized spacial score (nSPS) is 19.9. The smallest absolute Gasteiger partial charge is 0.120 e. The van der Waals surface area contributed by atoms with Gasteiger partial charge in [-0.2, -0.15) is 0 Å². The van der Waals surface area contributed by atoms with Crippen molar-refractivity contribution in [3.8, 4) is 0 Å². The van der Waals surface area contributed by atoms with Crippen LogP contribution < -0.4 is 5.32 Å². The number of hydrogen-bond acceptors (Lipinski definition) is 3. The van der Waals surface area contributed by atoms with E-state index in [9.17, 15) is 0 Å². The summed E-state index contributed by atoms with van der Waals surface area (Å²) in [5, 5.41) is 3.31. The standard InChI is InChI=1S/C16H19NO2/c1-17-14(15-7-4-9-18-15)11-16-13-6-3-2-5-12(13)8-10-19-16/h2-7,9,14,16-17H,8,10-11H2,1H3. The van der Waals surface area contributed by atoms with Gasteiger partial charge in [0, 0.05) is 6.42 Å². The number of hydrogen-bond donors (Lipinski definition) is 1. The van der Waals surface area contributed by atoms with Crippen LogP contribution in [0.2, 0.25) is 0 Å². The Morgan fingerprint density at radius 1 is 1.26 bits per heavy atom. The zero-order chi connectivity index (χ0) is 13.1. The van der Waals surface area contributed by atoms with Crippen molar-refractivity contribution in [2.75, 3.05) is 13.7 Å². The predicted octanol–water partition coefficient (Wildman–Crippen LogP) is 3.24. The summed E-state index contributed by atoms with van der Waals surface area (Å²) in [6.45, 7) is 0.802. The Bertz CT molecular complexity index is 521. The molecular formula is C16H19NO2. The van der Waals surface area contributed by atoms with E-state index in [0.717, 1.165) is 25.2 Å². The zero-order valence-electron chi connectivity index (χ0n) is 11.1. The van der Waals surface area contributed by atoms with Crippen LogP contribution in [0.25, 0.3) is 0 Å². The number of rotatable bonds is 4.